The van der Waals surface area contributed by atoms with E-state index in [1.165, 1.54) is 6.92 Å². The molecule has 2 aromatic carbocycles. The van der Waals surface area contributed by atoms with Crippen LogP contribution in [0, 0.1) is 6.92 Å². The van der Waals surface area contributed by atoms with E-state index in [1.54, 1.807) is 16.8 Å². The lowest BCUT2D eigenvalue weighted by Gasteiger charge is -2.28. The summed E-state index contributed by atoms with van der Waals surface area (Å²) < 4.78 is 1.74. The minimum absolute atomic E-state index is 0.110. The van der Waals surface area contributed by atoms with Crippen LogP contribution in [-0.2, 0) is 15.1 Å². The molecule has 3 aromatic rings. The molecule has 3 N–H and O–H groups in total. The molecule has 2 unspecified atom stereocenters. The molecule has 9 heteroatoms. The van der Waals surface area contributed by atoms with E-state index in [4.69, 9.17) is 0 Å². The maximum atomic E-state index is 11.7. The lowest BCUT2D eigenvalue weighted by atomic mass is 9.97. The molecule has 0 radical (unpaired) electrons. The first-order chi connectivity index (χ1) is 15.5. The number of carbonyl (C=O) groups is 2. The van der Waals surface area contributed by atoms with Crippen LogP contribution in [0.25, 0.3) is 0 Å². The molecule has 0 aliphatic rings. The summed E-state index contributed by atoms with van der Waals surface area (Å²) in [5, 5.41) is 28.2. The highest BCUT2D eigenvalue weighted by Crippen LogP contribution is 2.29. The van der Waals surface area contributed by atoms with E-state index in [9.17, 15) is 14.7 Å². The number of benzene rings is 2. The van der Waals surface area contributed by atoms with E-state index in [-0.39, 0.29) is 17.9 Å². The molecule has 0 fully saturated rings. The van der Waals surface area contributed by atoms with Gasteiger partial charge in [0.25, 0.3) is 0 Å². The Hall–Kier alpha value is -3.59. The maximum Gasteiger partial charge on any atom is 0.305 e. The lowest BCUT2D eigenvalue weighted by Crippen LogP contribution is -2.34. The van der Waals surface area contributed by atoms with Crippen molar-refractivity contribution in [2.24, 2.45) is 0 Å². The molecule has 0 spiro atoms. The van der Waals surface area contributed by atoms with Gasteiger partial charge < -0.3 is 10.4 Å². The van der Waals surface area contributed by atoms with Crippen LogP contribution in [0.1, 0.15) is 68.7 Å². The van der Waals surface area contributed by atoms with Gasteiger partial charge in [0.15, 0.2) is 5.82 Å². The highest BCUT2D eigenvalue weighted by atomic mass is 16.4. The zero-order chi connectivity index (χ0) is 24.2. The number of hydrogen-bond acceptors (Lipinski definition) is 6. The average molecular weight is 451 g/mol. The Balaban J connectivity index is 2.07. The minimum Gasteiger partial charge on any atom is -0.481 e. The summed E-state index contributed by atoms with van der Waals surface area (Å²) in [5.41, 5.74) is 3.03. The average Bonchev–Trinajstić information content (AvgIpc) is 3.21. The molecule has 0 saturated heterocycles. The van der Waals surface area contributed by atoms with Gasteiger partial charge in [-0.1, -0.05) is 42.0 Å². The highest BCUT2D eigenvalue weighted by Gasteiger charge is 2.30. The van der Waals surface area contributed by atoms with Crippen LogP contribution in [-0.4, -0.2) is 37.2 Å². The largest absolute Gasteiger partial charge is 0.481 e. The molecule has 1 aromatic heterocycles. The molecule has 0 saturated carbocycles. The first-order valence-corrected chi connectivity index (χ1v) is 10.8. The van der Waals surface area contributed by atoms with Crippen molar-refractivity contribution in [2.75, 3.05) is 5.32 Å². The third kappa shape index (κ3) is 6.23. The first-order valence-electron chi connectivity index (χ1n) is 10.8. The Labute approximate surface area is 193 Å². The summed E-state index contributed by atoms with van der Waals surface area (Å²) in [6.07, 6.45) is -0.110. The van der Waals surface area contributed by atoms with Gasteiger partial charge in [-0.05, 0) is 61.4 Å². The second-order valence-corrected chi connectivity index (χ2v) is 9.09. The zero-order valence-electron chi connectivity index (χ0n) is 19.5. The summed E-state index contributed by atoms with van der Waals surface area (Å²) in [6.45, 7) is 9.42. The number of nitrogens with zero attached hydrogens (tertiary/aromatic N) is 4. The van der Waals surface area contributed by atoms with Gasteiger partial charge in [0.1, 0.15) is 0 Å². The van der Waals surface area contributed by atoms with E-state index >= 15 is 0 Å². The topological polar surface area (TPSA) is 122 Å². The van der Waals surface area contributed by atoms with Gasteiger partial charge in [0, 0.05) is 18.7 Å². The number of hydrogen-bond donors (Lipinski definition) is 3. The van der Waals surface area contributed by atoms with E-state index in [0.717, 1.165) is 16.7 Å². The molecular weight excluding hydrogens is 420 g/mol. The number of carbonyl (C=O) groups excluding carboxylic acids is 1. The van der Waals surface area contributed by atoms with Crippen molar-refractivity contribution in [2.45, 2.75) is 58.7 Å². The Morgan fingerprint density at radius 1 is 1.09 bits per heavy atom. The fraction of sp³-hybridized carbons (Fsp3) is 0.375. The standard InChI is InChI=1S/C24H30N6O3/c1-15-7-6-8-18(13-15)20(14-21(32)33)26-22(23-27-28-29-30(23)24(3,4)5)17-9-11-19(12-10-17)25-16(2)31/h6-13,20,22,26H,14H2,1-5H3,(H,25,31)(H,32,33). The van der Waals surface area contributed by atoms with Crippen LogP contribution in [0.2, 0.25) is 0 Å². The number of aryl methyl sites for hydroxylation is 1. The van der Waals surface area contributed by atoms with Gasteiger partial charge in [0.05, 0.1) is 18.0 Å². The number of tetrazole rings is 1. The highest BCUT2D eigenvalue weighted by molar-refractivity contribution is 5.88. The van der Waals surface area contributed by atoms with Crippen molar-refractivity contribution < 1.29 is 14.7 Å². The third-order valence-corrected chi connectivity index (χ3v) is 5.14. The number of aromatic nitrogens is 4. The van der Waals surface area contributed by atoms with E-state index < -0.39 is 18.1 Å². The fourth-order valence-electron chi connectivity index (χ4n) is 3.67. The van der Waals surface area contributed by atoms with Crippen molar-refractivity contribution in [3.8, 4) is 0 Å². The number of amides is 1. The molecule has 1 amide bonds. The molecule has 9 nitrogen and oxygen atoms in total. The van der Waals surface area contributed by atoms with Gasteiger partial charge in [-0.15, -0.1) is 5.10 Å². The molecule has 174 valence electrons. The number of anilines is 1. The van der Waals surface area contributed by atoms with E-state index in [0.29, 0.717) is 11.5 Å². The quantitative estimate of drug-likeness (QED) is 0.479. The monoisotopic (exact) mass is 450 g/mol. The van der Waals surface area contributed by atoms with Crippen molar-refractivity contribution >= 4 is 17.6 Å². The minimum atomic E-state index is -0.913. The second kappa shape index (κ2) is 9.91. The van der Waals surface area contributed by atoms with Crippen LogP contribution in [0.4, 0.5) is 5.69 Å². The van der Waals surface area contributed by atoms with Crippen molar-refractivity contribution in [3.63, 3.8) is 0 Å². The van der Waals surface area contributed by atoms with Gasteiger partial charge in [-0.2, -0.15) is 0 Å². The molecule has 2 atom stereocenters. The number of aliphatic carboxylic acids is 1. The summed E-state index contributed by atoms with van der Waals surface area (Å²) in [6, 6.07) is 14.2. The smallest absolute Gasteiger partial charge is 0.305 e. The Bertz CT molecular complexity index is 1120. The van der Waals surface area contributed by atoms with Gasteiger partial charge in [-0.25, -0.2) is 4.68 Å². The predicted molar refractivity (Wildman–Crippen MR) is 125 cm³/mol. The Morgan fingerprint density at radius 2 is 1.79 bits per heavy atom. The Morgan fingerprint density at radius 3 is 2.36 bits per heavy atom. The molecule has 0 aliphatic heterocycles. The fourth-order valence-corrected chi connectivity index (χ4v) is 3.67. The zero-order valence-corrected chi connectivity index (χ0v) is 19.5. The predicted octanol–water partition coefficient (Wildman–Crippen LogP) is 3.59. The van der Waals surface area contributed by atoms with E-state index in [2.05, 4.69) is 26.2 Å². The molecule has 0 aliphatic carbocycles. The van der Waals surface area contributed by atoms with Crippen molar-refractivity contribution in [3.05, 3.63) is 71.0 Å². The lowest BCUT2D eigenvalue weighted by molar-refractivity contribution is -0.137. The number of carboxylic acids is 1. The molecule has 3 rings (SSSR count). The van der Waals surface area contributed by atoms with Crippen LogP contribution in [0.5, 0.6) is 0 Å². The van der Waals surface area contributed by atoms with Crippen LogP contribution < -0.4 is 10.6 Å². The summed E-state index contributed by atoms with van der Waals surface area (Å²) in [4.78, 5) is 23.1. The van der Waals surface area contributed by atoms with Crippen LogP contribution in [0.3, 0.4) is 0 Å². The number of carboxylic acid groups (broad SMARTS) is 1. The number of rotatable bonds is 8. The van der Waals surface area contributed by atoms with Gasteiger partial charge >= 0.3 is 5.97 Å². The summed E-state index contributed by atoms with van der Waals surface area (Å²) in [7, 11) is 0. The van der Waals surface area contributed by atoms with Crippen LogP contribution >= 0.6 is 0 Å². The van der Waals surface area contributed by atoms with Crippen molar-refractivity contribution in [1.29, 1.82) is 0 Å². The molecule has 0 bridgehead atoms. The van der Waals surface area contributed by atoms with Crippen molar-refractivity contribution in [1.82, 2.24) is 25.5 Å². The molecular formula is C24H30N6O3. The SMILES string of the molecule is CC(=O)Nc1ccc(C(NC(CC(=O)O)c2cccc(C)c2)c2nnnn2C(C)(C)C)cc1. The summed E-state index contributed by atoms with van der Waals surface area (Å²) in [5.74, 6) is -0.503. The van der Waals surface area contributed by atoms with Gasteiger partial charge in [0.2, 0.25) is 5.91 Å². The maximum absolute atomic E-state index is 11.7. The van der Waals surface area contributed by atoms with Gasteiger partial charge in [-0.3, -0.25) is 14.9 Å². The molecule has 33 heavy (non-hydrogen) atoms. The normalized spacial score (nSPS) is 13.4. The first kappa shape index (κ1) is 24.1. The third-order valence-electron chi connectivity index (χ3n) is 5.14. The summed E-state index contributed by atoms with van der Waals surface area (Å²) >= 11 is 0. The van der Waals surface area contributed by atoms with Crippen LogP contribution in [0.15, 0.2) is 48.5 Å². The second-order valence-electron chi connectivity index (χ2n) is 9.09. The Kier molecular flexibility index (Phi) is 7.23. The number of nitrogens with one attached hydrogen (secondary N) is 2. The van der Waals surface area contributed by atoms with E-state index in [1.807, 2.05) is 64.1 Å². The molecule has 1 heterocycles.